The summed E-state index contributed by atoms with van der Waals surface area (Å²) in [5, 5.41) is 2.09. The molecule has 1 nitrogen and oxygen atoms in total. The van der Waals surface area contributed by atoms with Gasteiger partial charge in [-0.25, -0.2) is 0 Å². The van der Waals surface area contributed by atoms with Crippen LogP contribution in [0.3, 0.4) is 0 Å². The number of carbonyl (C=O) groups excluding carboxylic acids is 1. The molecular formula is C16H24OS. The molecule has 0 aromatic carbocycles. The minimum atomic E-state index is 0.361. The predicted octanol–water partition coefficient (Wildman–Crippen LogP) is 4.71. The van der Waals surface area contributed by atoms with E-state index in [2.05, 4.69) is 31.4 Å². The van der Waals surface area contributed by atoms with E-state index in [1.54, 1.807) is 11.3 Å². The Hall–Kier alpha value is -0.630. The second kappa shape index (κ2) is 6.51. The minimum Gasteiger partial charge on any atom is -0.299 e. The van der Waals surface area contributed by atoms with E-state index in [-0.39, 0.29) is 0 Å². The lowest BCUT2D eigenvalue weighted by molar-refractivity contribution is -0.124. The van der Waals surface area contributed by atoms with Crippen molar-refractivity contribution >= 4 is 17.1 Å². The van der Waals surface area contributed by atoms with Crippen LogP contribution in [-0.2, 0) is 11.2 Å². The smallest absolute Gasteiger partial charge is 0.136 e. The van der Waals surface area contributed by atoms with E-state index in [9.17, 15) is 4.79 Å². The SMILES string of the molecule is CC(C)C1CCC(C(=O)CCc2cccs2)CC1. The van der Waals surface area contributed by atoms with E-state index in [1.165, 1.54) is 17.7 Å². The highest BCUT2D eigenvalue weighted by Gasteiger charge is 2.27. The molecule has 0 aliphatic heterocycles. The van der Waals surface area contributed by atoms with Crippen LogP contribution in [0.1, 0.15) is 50.8 Å². The predicted molar refractivity (Wildman–Crippen MR) is 77.9 cm³/mol. The quantitative estimate of drug-likeness (QED) is 0.752. The molecule has 1 aromatic rings. The Balaban J connectivity index is 1.74. The maximum Gasteiger partial charge on any atom is 0.136 e. The van der Waals surface area contributed by atoms with Gasteiger partial charge in [0.05, 0.1) is 0 Å². The molecule has 0 spiro atoms. The number of aryl methyl sites for hydroxylation is 1. The largest absolute Gasteiger partial charge is 0.299 e. The Bertz CT molecular complexity index is 358. The van der Waals surface area contributed by atoms with Gasteiger partial charge in [0, 0.05) is 17.2 Å². The number of thiophene rings is 1. The van der Waals surface area contributed by atoms with Crippen molar-refractivity contribution in [3.8, 4) is 0 Å². The molecule has 1 aliphatic rings. The molecule has 2 rings (SSSR count). The molecule has 1 aliphatic carbocycles. The van der Waals surface area contributed by atoms with Gasteiger partial charge in [0.15, 0.2) is 0 Å². The molecule has 18 heavy (non-hydrogen) atoms. The van der Waals surface area contributed by atoms with Crippen molar-refractivity contribution < 1.29 is 4.79 Å². The van der Waals surface area contributed by atoms with Crippen molar-refractivity contribution in [2.24, 2.45) is 17.8 Å². The zero-order valence-corrected chi connectivity index (χ0v) is 12.3. The normalized spacial score (nSPS) is 24.4. The van der Waals surface area contributed by atoms with Gasteiger partial charge >= 0.3 is 0 Å². The Morgan fingerprint density at radius 2 is 2.06 bits per heavy atom. The standard InChI is InChI=1S/C16H24OS/c1-12(2)13-5-7-14(8-6-13)16(17)10-9-15-4-3-11-18-15/h3-4,11-14H,5-10H2,1-2H3. The first-order chi connectivity index (χ1) is 8.66. The Labute approximate surface area is 115 Å². The average molecular weight is 264 g/mol. The molecule has 0 amide bonds. The van der Waals surface area contributed by atoms with Crippen LogP contribution >= 0.6 is 11.3 Å². The van der Waals surface area contributed by atoms with Crippen LogP contribution in [-0.4, -0.2) is 5.78 Å². The summed E-state index contributed by atoms with van der Waals surface area (Å²) in [6.45, 7) is 4.62. The zero-order valence-electron chi connectivity index (χ0n) is 11.5. The van der Waals surface area contributed by atoms with Crippen LogP contribution in [0.15, 0.2) is 17.5 Å². The van der Waals surface area contributed by atoms with E-state index < -0.39 is 0 Å². The molecule has 1 heterocycles. The molecule has 100 valence electrons. The fraction of sp³-hybridized carbons (Fsp3) is 0.688. The fourth-order valence-electron chi connectivity index (χ4n) is 3.01. The topological polar surface area (TPSA) is 17.1 Å². The molecule has 2 heteroatoms. The van der Waals surface area contributed by atoms with Gasteiger partial charge in [-0.1, -0.05) is 19.9 Å². The first kappa shape index (κ1) is 13.8. The monoisotopic (exact) mass is 264 g/mol. The minimum absolute atomic E-state index is 0.361. The molecule has 0 unspecified atom stereocenters. The molecule has 1 saturated carbocycles. The fourth-order valence-corrected chi connectivity index (χ4v) is 3.72. The Kier molecular flexibility index (Phi) is 4.99. The lowest BCUT2D eigenvalue weighted by atomic mass is 9.75. The van der Waals surface area contributed by atoms with Crippen molar-refractivity contribution in [2.45, 2.75) is 52.4 Å². The van der Waals surface area contributed by atoms with E-state index in [4.69, 9.17) is 0 Å². The third-order valence-electron chi connectivity index (χ3n) is 4.37. The maximum absolute atomic E-state index is 12.2. The second-order valence-electron chi connectivity index (χ2n) is 5.90. The highest BCUT2D eigenvalue weighted by atomic mass is 32.1. The van der Waals surface area contributed by atoms with Gasteiger partial charge in [-0.2, -0.15) is 0 Å². The number of hydrogen-bond acceptors (Lipinski definition) is 2. The van der Waals surface area contributed by atoms with Gasteiger partial charge in [-0.3, -0.25) is 4.79 Å². The zero-order chi connectivity index (χ0) is 13.0. The summed E-state index contributed by atoms with van der Waals surface area (Å²) < 4.78 is 0. The molecular weight excluding hydrogens is 240 g/mol. The highest BCUT2D eigenvalue weighted by molar-refractivity contribution is 7.09. The molecule has 0 atom stereocenters. The lowest BCUT2D eigenvalue weighted by Crippen LogP contribution is -2.24. The molecule has 0 radical (unpaired) electrons. The average Bonchev–Trinajstić information content (AvgIpc) is 2.89. The van der Waals surface area contributed by atoms with Gasteiger partial charge in [0.1, 0.15) is 5.78 Å². The molecule has 0 saturated heterocycles. The molecule has 0 bridgehead atoms. The van der Waals surface area contributed by atoms with Crippen LogP contribution in [0.5, 0.6) is 0 Å². The summed E-state index contributed by atoms with van der Waals surface area (Å²) in [6.07, 6.45) is 6.47. The second-order valence-corrected chi connectivity index (χ2v) is 6.93. The van der Waals surface area contributed by atoms with Crippen molar-refractivity contribution in [3.63, 3.8) is 0 Å². The Morgan fingerprint density at radius 1 is 1.33 bits per heavy atom. The van der Waals surface area contributed by atoms with Gasteiger partial charge < -0.3 is 0 Å². The van der Waals surface area contributed by atoms with Gasteiger partial charge in [0.2, 0.25) is 0 Å². The van der Waals surface area contributed by atoms with Crippen LogP contribution in [0.25, 0.3) is 0 Å². The summed E-state index contributed by atoms with van der Waals surface area (Å²) in [5.74, 6) is 2.50. The third kappa shape index (κ3) is 3.68. The van der Waals surface area contributed by atoms with Crippen LogP contribution in [0.2, 0.25) is 0 Å². The maximum atomic E-state index is 12.2. The van der Waals surface area contributed by atoms with Gasteiger partial charge in [0.25, 0.3) is 0 Å². The van der Waals surface area contributed by atoms with E-state index in [1.807, 2.05) is 0 Å². The molecule has 1 aromatic heterocycles. The van der Waals surface area contributed by atoms with Crippen LogP contribution < -0.4 is 0 Å². The summed E-state index contributed by atoms with van der Waals surface area (Å²) in [6, 6.07) is 4.20. The lowest BCUT2D eigenvalue weighted by Gasteiger charge is -2.30. The van der Waals surface area contributed by atoms with Crippen molar-refractivity contribution in [1.82, 2.24) is 0 Å². The Morgan fingerprint density at radius 3 is 2.61 bits per heavy atom. The first-order valence-corrected chi connectivity index (χ1v) is 8.10. The van der Waals surface area contributed by atoms with Crippen LogP contribution in [0, 0.1) is 17.8 Å². The third-order valence-corrected chi connectivity index (χ3v) is 5.30. The van der Waals surface area contributed by atoms with Crippen molar-refractivity contribution in [2.75, 3.05) is 0 Å². The van der Waals surface area contributed by atoms with E-state index in [0.29, 0.717) is 11.7 Å². The summed E-state index contributed by atoms with van der Waals surface area (Å²) in [4.78, 5) is 13.5. The van der Waals surface area contributed by atoms with Gasteiger partial charge in [-0.15, -0.1) is 11.3 Å². The summed E-state index contributed by atoms with van der Waals surface area (Å²) in [5.41, 5.74) is 0. The first-order valence-electron chi connectivity index (χ1n) is 7.22. The summed E-state index contributed by atoms with van der Waals surface area (Å²) in [7, 11) is 0. The molecule has 1 fully saturated rings. The number of ketones is 1. The van der Waals surface area contributed by atoms with Crippen molar-refractivity contribution in [1.29, 1.82) is 0 Å². The molecule has 0 N–H and O–H groups in total. The van der Waals surface area contributed by atoms with E-state index >= 15 is 0 Å². The number of hydrogen-bond donors (Lipinski definition) is 0. The highest BCUT2D eigenvalue weighted by Crippen LogP contribution is 2.34. The summed E-state index contributed by atoms with van der Waals surface area (Å²) >= 11 is 1.76. The number of Topliss-reactive ketones (excluding diaryl/α,β-unsaturated/α-hetero) is 1. The van der Waals surface area contributed by atoms with Crippen molar-refractivity contribution in [3.05, 3.63) is 22.4 Å². The van der Waals surface area contributed by atoms with E-state index in [0.717, 1.165) is 37.5 Å². The number of rotatable bonds is 5. The number of carbonyl (C=O) groups is 1. The van der Waals surface area contributed by atoms with Gasteiger partial charge in [-0.05, 0) is 55.4 Å². The van der Waals surface area contributed by atoms with Crippen LogP contribution in [0.4, 0.5) is 0 Å².